The lowest BCUT2D eigenvalue weighted by Gasteiger charge is -2.13. The maximum atomic E-state index is 4.25. The van der Waals surface area contributed by atoms with Crippen molar-refractivity contribution in [2.45, 2.75) is 25.7 Å². The minimum absolute atomic E-state index is 0.759. The van der Waals surface area contributed by atoms with Gasteiger partial charge >= 0.3 is 0 Å². The third kappa shape index (κ3) is 1.98. The summed E-state index contributed by atoms with van der Waals surface area (Å²) in [7, 11) is 1.15. The first-order chi connectivity index (χ1) is 6.77. The second kappa shape index (κ2) is 4.14. The lowest BCUT2D eigenvalue weighted by molar-refractivity contribution is 0.707. The molecule has 1 aromatic carbocycles. The fourth-order valence-electron chi connectivity index (χ4n) is 2.28. The summed E-state index contributed by atoms with van der Waals surface area (Å²) in [5.41, 5.74) is 2.72. The molecule has 0 unspecified atom stereocenters. The number of rotatable bonds is 2. The summed E-state index contributed by atoms with van der Waals surface area (Å²) in [5, 5.41) is 1.47. The molecule has 0 bridgehead atoms. The number of hydrogen-bond donors (Lipinski definition) is 0. The summed E-state index contributed by atoms with van der Waals surface area (Å²) in [6.07, 6.45) is 5.48. The van der Waals surface area contributed by atoms with Crippen LogP contribution in [0.2, 0.25) is 0 Å². The van der Waals surface area contributed by atoms with Crippen LogP contribution >= 0.6 is 0 Å². The van der Waals surface area contributed by atoms with Gasteiger partial charge in [0, 0.05) is 10.2 Å². The Hall–Kier alpha value is -0.823. The van der Waals surface area contributed by atoms with Gasteiger partial charge in [0.2, 0.25) is 0 Å². The van der Waals surface area contributed by atoms with E-state index in [1.165, 1.54) is 42.0 Å². The molecule has 1 fully saturated rings. The maximum absolute atomic E-state index is 4.25. The van der Waals surface area contributed by atoms with Crippen LogP contribution in [0, 0.1) is 5.92 Å². The van der Waals surface area contributed by atoms with Crippen LogP contribution in [0.15, 0.2) is 30.8 Å². The molecular formula is C13H18Si. The van der Waals surface area contributed by atoms with Crippen molar-refractivity contribution in [2.75, 3.05) is 0 Å². The van der Waals surface area contributed by atoms with Crippen molar-refractivity contribution in [2.24, 2.45) is 5.92 Å². The highest BCUT2D eigenvalue weighted by Crippen LogP contribution is 2.34. The van der Waals surface area contributed by atoms with Gasteiger partial charge in [-0.2, -0.15) is 0 Å². The van der Waals surface area contributed by atoms with E-state index in [0.29, 0.717) is 0 Å². The molecule has 1 heteroatoms. The second-order valence-corrected chi connectivity index (χ2v) is 5.53. The van der Waals surface area contributed by atoms with E-state index < -0.39 is 0 Å². The number of hydrogen-bond acceptors (Lipinski definition) is 0. The highest BCUT2D eigenvalue weighted by molar-refractivity contribution is 6.32. The summed E-state index contributed by atoms with van der Waals surface area (Å²) >= 11 is 0. The van der Waals surface area contributed by atoms with Crippen molar-refractivity contribution in [1.82, 2.24) is 0 Å². The second-order valence-electron chi connectivity index (χ2n) is 4.37. The summed E-state index contributed by atoms with van der Waals surface area (Å²) in [6, 6.07) is 8.95. The molecule has 74 valence electrons. The van der Waals surface area contributed by atoms with Gasteiger partial charge in [0.25, 0.3) is 0 Å². The average molecular weight is 202 g/mol. The molecule has 1 saturated carbocycles. The Morgan fingerprint density at radius 1 is 1.14 bits per heavy atom. The van der Waals surface area contributed by atoms with Gasteiger partial charge in [0.05, 0.1) is 0 Å². The van der Waals surface area contributed by atoms with Gasteiger partial charge in [-0.3, -0.25) is 0 Å². The number of allylic oxidation sites excluding steroid dienone is 1. The molecule has 0 nitrogen and oxygen atoms in total. The smallest absolute Gasteiger partial charge is 0.0384 e. The Morgan fingerprint density at radius 2 is 1.71 bits per heavy atom. The standard InChI is InChI=1S/C13H18Si/c1-10(11-4-2-3-5-11)12-6-8-13(14)9-7-12/h6-9,11H,1-5H2,14H3. The summed E-state index contributed by atoms with van der Waals surface area (Å²) < 4.78 is 0. The molecule has 0 aliphatic heterocycles. The molecule has 0 atom stereocenters. The van der Waals surface area contributed by atoms with E-state index in [1.807, 2.05) is 0 Å². The molecule has 1 aliphatic rings. The zero-order valence-corrected chi connectivity index (χ0v) is 10.9. The molecular weight excluding hydrogens is 184 g/mol. The first-order valence-corrected chi connectivity index (χ1v) is 6.53. The van der Waals surface area contributed by atoms with Crippen molar-refractivity contribution < 1.29 is 0 Å². The third-order valence-electron chi connectivity index (χ3n) is 3.27. The molecule has 0 spiro atoms. The molecule has 1 aliphatic carbocycles. The van der Waals surface area contributed by atoms with Gasteiger partial charge < -0.3 is 0 Å². The quantitative estimate of drug-likeness (QED) is 0.642. The van der Waals surface area contributed by atoms with Crippen LogP contribution in [-0.2, 0) is 0 Å². The predicted molar refractivity (Wildman–Crippen MR) is 67.0 cm³/mol. The van der Waals surface area contributed by atoms with E-state index in [9.17, 15) is 0 Å². The molecule has 14 heavy (non-hydrogen) atoms. The highest BCUT2D eigenvalue weighted by atomic mass is 28.1. The van der Waals surface area contributed by atoms with Crippen molar-refractivity contribution in [3.63, 3.8) is 0 Å². The van der Waals surface area contributed by atoms with Gasteiger partial charge in [-0.1, -0.05) is 48.9 Å². The summed E-state index contributed by atoms with van der Waals surface area (Å²) in [6.45, 7) is 4.25. The van der Waals surface area contributed by atoms with E-state index in [1.54, 1.807) is 0 Å². The van der Waals surface area contributed by atoms with Crippen molar-refractivity contribution in [3.8, 4) is 0 Å². The number of benzene rings is 1. The van der Waals surface area contributed by atoms with E-state index in [0.717, 1.165) is 16.2 Å². The predicted octanol–water partition coefficient (Wildman–Crippen LogP) is 1.88. The molecule has 1 aromatic rings. The first-order valence-electron chi connectivity index (χ1n) is 5.53. The zero-order chi connectivity index (χ0) is 9.97. The largest absolute Gasteiger partial charge is 0.0950 e. The first kappa shape index (κ1) is 9.72. The molecule has 0 heterocycles. The van der Waals surface area contributed by atoms with Gasteiger partial charge in [0.1, 0.15) is 0 Å². The SMILES string of the molecule is C=C(c1ccc([SiH3])cc1)C1CCCC1. The average Bonchev–Trinajstić information content (AvgIpc) is 2.71. The normalized spacial score (nSPS) is 17.4. The maximum Gasteiger partial charge on any atom is 0.0384 e. The topological polar surface area (TPSA) is 0 Å². The van der Waals surface area contributed by atoms with Crippen LogP contribution in [0.5, 0.6) is 0 Å². The van der Waals surface area contributed by atoms with Crippen LogP contribution in [0.25, 0.3) is 5.57 Å². The highest BCUT2D eigenvalue weighted by Gasteiger charge is 2.18. The fourth-order valence-corrected chi connectivity index (χ4v) is 2.61. The lowest BCUT2D eigenvalue weighted by atomic mass is 9.93. The minimum atomic E-state index is 0.759. The molecule has 0 amide bonds. The van der Waals surface area contributed by atoms with Crippen molar-refractivity contribution >= 4 is 21.0 Å². The molecule has 0 saturated heterocycles. The monoisotopic (exact) mass is 202 g/mol. The Balaban J connectivity index is 2.14. The van der Waals surface area contributed by atoms with Gasteiger partial charge in [-0.25, -0.2) is 0 Å². The molecule has 0 N–H and O–H groups in total. The van der Waals surface area contributed by atoms with Crippen LogP contribution in [0.1, 0.15) is 31.2 Å². The molecule has 0 aromatic heterocycles. The van der Waals surface area contributed by atoms with Crippen LogP contribution in [0.3, 0.4) is 0 Å². The Morgan fingerprint density at radius 3 is 2.29 bits per heavy atom. The van der Waals surface area contributed by atoms with Crippen LogP contribution < -0.4 is 5.19 Å². The summed E-state index contributed by atoms with van der Waals surface area (Å²) in [4.78, 5) is 0. The van der Waals surface area contributed by atoms with Crippen LogP contribution in [-0.4, -0.2) is 10.2 Å². The van der Waals surface area contributed by atoms with Gasteiger partial charge in [-0.05, 0) is 29.9 Å². The van der Waals surface area contributed by atoms with Gasteiger partial charge in [0.15, 0.2) is 0 Å². The summed E-state index contributed by atoms with van der Waals surface area (Å²) in [5.74, 6) is 0.759. The molecule has 2 rings (SSSR count). The fraction of sp³-hybridized carbons (Fsp3) is 0.385. The zero-order valence-electron chi connectivity index (χ0n) is 8.92. The van der Waals surface area contributed by atoms with E-state index in [2.05, 4.69) is 30.8 Å². The lowest BCUT2D eigenvalue weighted by Crippen LogP contribution is -2.02. The van der Waals surface area contributed by atoms with Crippen LogP contribution in [0.4, 0.5) is 0 Å². The van der Waals surface area contributed by atoms with Gasteiger partial charge in [-0.15, -0.1) is 0 Å². The van der Waals surface area contributed by atoms with Crippen molar-refractivity contribution in [1.29, 1.82) is 0 Å². The van der Waals surface area contributed by atoms with E-state index >= 15 is 0 Å². The van der Waals surface area contributed by atoms with E-state index in [4.69, 9.17) is 0 Å². The molecule has 0 radical (unpaired) electrons. The Labute approximate surface area is 89.5 Å². The van der Waals surface area contributed by atoms with E-state index in [-0.39, 0.29) is 0 Å². The minimum Gasteiger partial charge on any atom is -0.0950 e. The Kier molecular flexibility index (Phi) is 2.87. The Bertz CT molecular complexity index is 318. The third-order valence-corrected chi connectivity index (χ3v) is 3.94. The van der Waals surface area contributed by atoms with Crippen molar-refractivity contribution in [3.05, 3.63) is 36.4 Å².